The number of hydrogen-bond acceptors (Lipinski definition) is 5. The molecular formula is C35H31N5O. The minimum Gasteiger partial charge on any atom is -0.424 e. The lowest BCUT2D eigenvalue weighted by Gasteiger charge is -2.11. The van der Waals surface area contributed by atoms with E-state index in [2.05, 4.69) is 94.8 Å². The van der Waals surface area contributed by atoms with Crippen LogP contribution in [0.4, 0.5) is 5.82 Å². The first-order valence-corrected chi connectivity index (χ1v) is 14.2. The van der Waals surface area contributed by atoms with Gasteiger partial charge < -0.3 is 14.6 Å². The summed E-state index contributed by atoms with van der Waals surface area (Å²) in [6.45, 7) is 1.37. The Labute approximate surface area is 239 Å². The molecule has 1 aliphatic carbocycles. The van der Waals surface area contributed by atoms with Gasteiger partial charge in [0.2, 0.25) is 0 Å². The smallest absolute Gasteiger partial charge is 0.326 e. The number of fused-ring (bicyclic) bond motifs is 2. The van der Waals surface area contributed by atoms with Crippen molar-refractivity contribution < 1.29 is 4.74 Å². The first kappa shape index (κ1) is 25.0. The van der Waals surface area contributed by atoms with E-state index >= 15 is 0 Å². The number of hydrogen-bond donors (Lipinski definition) is 1. The molecule has 6 nitrogen and oxygen atoms in total. The lowest BCUT2D eigenvalue weighted by Crippen LogP contribution is -2.09. The van der Waals surface area contributed by atoms with Crippen molar-refractivity contribution in [3.63, 3.8) is 0 Å². The number of aromatic nitrogens is 4. The first-order valence-electron chi connectivity index (χ1n) is 14.2. The zero-order chi connectivity index (χ0) is 27.4. The van der Waals surface area contributed by atoms with Crippen LogP contribution in [0.2, 0.25) is 0 Å². The molecule has 0 bridgehead atoms. The molecule has 0 radical (unpaired) electrons. The number of ether oxygens (including phenoxy) is 1. The molecule has 0 unspecified atom stereocenters. The zero-order valence-corrected chi connectivity index (χ0v) is 22.8. The molecule has 0 aliphatic heterocycles. The summed E-state index contributed by atoms with van der Waals surface area (Å²) < 4.78 is 8.31. The van der Waals surface area contributed by atoms with Gasteiger partial charge in [-0.25, -0.2) is 4.98 Å². The molecule has 6 aromatic rings. The van der Waals surface area contributed by atoms with E-state index in [1.54, 1.807) is 0 Å². The van der Waals surface area contributed by atoms with Crippen LogP contribution in [-0.4, -0.2) is 26.1 Å². The molecular weight excluding hydrogens is 506 g/mol. The first-order chi connectivity index (χ1) is 20.3. The maximum Gasteiger partial charge on any atom is 0.326 e. The van der Waals surface area contributed by atoms with Crippen molar-refractivity contribution in [3.8, 4) is 22.9 Å². The predicted molar refractivity (Wildman–Crippen MR) is 163 cm³/mol. The van der Waals surface area contributed by atoms with Crippen LogP contribution in [0, 0.1) is 0 Å². The van der Waals surface area contributed by atoms with Gasteiger partial charge in [0, 0.05) is 6.54 Å². The second-order valence-corrected chi connectivity index (χ2v) is 10.5. The van der Waals surface area contributed by atoms with Crippen molar-refractivity contribution >= 4 is 17.0 Å². The minimum atomic E-state index is 0.318. The molecule has 0 fully saturated rings. The van der Waals surface area contributed by atoms with Crippen molar-refractivity contribution in [1.82, 2.24) is 19.5 Å². The van der Waals surface area contributed by atoms with Crippen LogP contribution in [0.1, 0.15) is 28.7 Å². The van der Waals surface area contributed by atoms with Crippen LogP contribution in [0.25, 0.3) is 22.3 Å². The number of rotatable bonds is 9. The average Bonchev–Trinajstić information content (AvgIpc) is 3.65. The number of benzene rings is 4. The molecule has 0 spiro atoms. The fraction of sp³-hybridized carbons (Fsp3) is 0.171. The molecule has 0 atom stereocenters. The third-order valence-corrected chi connectivity index (χ3v) is 7.69. The molecule has 41 heavy (non-hydrogen) atoms. The van der Waals surface area contributed by atoms with Gasteiger partial charge in [0.1, 0.15) is 5.75 Å². The van der Waals surface area contributed by atoms with Crippen LogP contribution >= 0.6 is 0 Å². The standard InChI is InChI=1S/C35H31N5O/c1-3-8-25(9-4-1)20-21-36-33-32-34(39-35(38-33)41-31-19-18-28-12-7-13-30(28)22-31)40(24-37-32)23-26-14-16-29(17-15-26)27-10-5-2-6-11-27/h1-6,8-11,14-19,22,24H,7,12-13,20-21,23H2,(H,36,38,39). The number of anilines is 1. The summed E-state index contributed by atoms with van der Waals surface area (Å²) >= 11 is 0. The molecule has 1 aliphatic rings. The van der Waals surface area contributed by atoms with E-state index < -0.39 is 0 Å². The SMILES string of the molecule is c1ccc(CCNc2nc(Oc3ccc4c(c3)CCC4)nc3c2ncn3Cc2ccc(-c3ccccc3)cc2)cc1. The van der Waals surface area contributed by atoms with Gasteiger partial charge in [0.15, 0.2) is 17.0 Å². The number of imidazole rings is 1. The zero-order valence-electron chi connectivity index (χ0n) is 22.8. The lowest BCUT2D eigenvalue weighted by molar-refractivity contribution is 0.443. The van der Waals surface area contributed by atoms with Gasteiger partial charge in [-0.3, -0.25) is 0 Å². The van der Waals surface area contributed by atoms with Crippen molar-refractivity contribution in [2.75, 3.05) is 11.9 Å². The van der Waals surface area contributed by atoms with Gasteiger partial charge in [-0.15, -0.1) is 0 Å². The summed E-state index contributed by atoms with van der Waals surface area (Å²) in [5, 5.41) is 3.50. The molecule has 7 rings (SSSR count). The van der Waals surface area contributed by atoms with Crippen molar-refractivity contribution in [1.29, 1.82) is 0 Å². The Morgan fingerprint density at radius 3 is 2.32 bits per heavy atom. The summed E-state index contributed by atoms with van der Waals surface area (Å²) in [5.74, 6) is 1.45. The van der Waals surface area contributed by atoms with E-state index in [0.717, 1.165) is 42.7 Å². The van der Waals surface area contributed by atoms with E-state index in [-0.39, 0.29) is 0 Å². The normalized spacial score (nSPS) is 12.4. The van der Waals surface area contributed by atoms with Crippen LogP contribution in [0.3, 0.4) is 0 Å². The largest absolute Gasteiger partial charge is 0.424 e. The van der Waals surface area contributed by atoms with Gasteiger partial charge in [-0.1, -0.05) is 91.0 Å². The minimum absolute atomic E-state index is 0.318. The molecule has 1 N–H and O–H groups in total. The fourth-order valence-corrected chi connectivity index (χ4v) is 5.53. The third kappa shape index (κ3) is 5.54. The Bertz CT molecular complexity index is 1780. The Morgan fingerprint density at radius 1 is 0.732 bits per heavy atom. The monoisotopic (exact) mass is 537 g/mol. The lowest BCUT2D eigenvalue weighted by atomic mass is 10.0. The van der Waals surface area contributed by atoms with Crippen molar-refractivity contribution in [2.24, 2.45) is 0 Å². The van der Waals surface area contributed by atoms with E-state index in [1.165, 1.54) is 39.8 Å². The highest BCUT2D eigenvalue weighted by Gasteiger charge is 2.17. The van der Waals surface area contributed by atoms with E-state index in [0.29, 0.717) is 18.4 Å². The molecule has 202 valence electrons. The van der Waals surface area contributed by atoms with Gasteiger partial charge in [-0.2, -0.15) is 9.97 Å². The predicted octanol–water partition coefficient (Wildman–Crippen LogP) is 7.48. The van der Waals surface area contributed by atoms with Gasteiger partial charge in [0.25, 0.3) is 0 Å². The second kappa shape index (κ2) is 11.3. The highest BCUT2D eigenvalue weighted by atomic mass is 16.5. The van der Waals surface area contributed by atoms with E-state index in [9.17, 15) is 0 Å². The van der Waals surface area contributed by atoms with Crippen LogP contribution in [0.15, 0.2) is 109 Å². The summed E-state index contributed by atoms with van der Waals surface area (Å²) in [6, 6.07) is 36.2. The molecule has 0 amide bonds. The van der Waals surface area contributed by atoms with Gasteiger partial charge >= 0.3 is 6.01 Å². The number of nitrogens with zero attached hydrogens (tertiary/aromatic N) is 4. The van der Waals surface area contributed by atoms with Crippen molar-refractivity contribution in [3.05, 3.63) is 132 Å². The molecule has 2 heterocycles. The fourth-order valence-electron chi connectivity index (χ4n) is 5.53. The van der Waals surface area contributed by atoms with Crippen LogP contribution < -0.4 is 10.1 Å². The summed E-state index contributed by atoms with van der Waals surface area (Å²) in [6.07, 6.45) is 6.14. The molecule has 0 saturated heterocycles. The Balaban J connectivity index is 1.18. The van der Waals surface area contributed by atoms with Gasteiger partial charge in [-0.05, 0) is 71.2 Å². The maximum atomic E-state index is 6.25. The summed E-state index contributed by atoms with van der Waals surface area (Å²) in [4.78, 5) is 14.3. The Hall–Kier alpha value is -4.97. The topological polar surface area (TPSA) is 64.9 Å². The quantitative estimate of drug-likeness (QED) is 0.207. The van der Waals surface area contributed by atoms with Crippen molar-refractivity contribution in [2.45, 2.75) is 32.2 Å². The Kier molecular flexibility index (Phi) is 6.87. The van der Waals surface area contributed by atoms with Crippen LogP contribution in [0.5, 0.6) is 11.8 Å². The highest BCUT2D eigenvalue weighted by Crippen LogP contribution is 2.30. The summed E-state index contributed by atoms with van der Waals surface area (Å²) in [5.41, 5.74) is 9.08. The molecule has 6 heteroatoms. The Morgan fingerprint density at radius 2 is 1.49 bits per heavy atom. The molecule has 4 aromatic carbocycles. The second-order valence-electron chi connectivity index (χ2n) is 10.5. The molecule has 0 saturated carbocycles. The molecule has 2 aromatic heterocycles. The number of aryl methyl sites for hydroxylation is 2. The van der Waals surface area contributed by atoms with Gasteiger partial charge in [0.05, 0.1) is 12.9 Å². The average molecular weight is 538 g/mol. The number of nitrogens with one attached hydrogen (secondary N) is 1. The van der Waals surface area contributed by atoms with E-state index in [4.69, 9.17) is 19.7 Å². The van der Waals surface area contributed by atoms with E-state index in [1.807, 2.05) is 24.5 Å². The maximum absolute atomic E-state index is 6.25. The summed E-state index contributed by atoms with van der Waals surface area (Å²) in [7, 11) is 0. The highest BCUT2D eigenvalue weighted by molar-refractivity contribution is 5.83. The third-order valence-electron chi connectivity index (χ3n) is 7.69. The van der Waals surface area contributed by atoms with Crippen LogP contribution in [-0.2, 0) is 25.8 Å².